The molecule has 1 aliphatic heterocycles. The van der Waals surface area contributed by atoms with Crippen molar-refractivity contribution in [3.63, 3.8) is 0 Å². The van der Waals surface area contributed by atoms with E-state index in [1.807, 2.05) is 53.4 Å². The molecule has 8 heteroatoms. The van der Waals surface area contributed by atoms with Crippen molar-refractivity contribution >= 4 is 27.3 Å². The van der Waals surface area contributed by atoms with Gasteiger partial charge in [-0.3, -0.25) is 14.5 Å². The number of carbonyl (C=O) groups excluding carboxylic acids is 2. The molecule has 2 amide bonds. The van der Waals surface area contributed by atoms with Crippen LogP contribution in [-0.2, 0) is 26.0 Å². The second-order valence-electron chi connectivity index (χ2n) is 7.10. The van der Waals surface area contributed by atoms with E-state index in [0.29, 0.717) is 25.3 Å². The fourth-order valence-corrected chi connectivity index (χ4v) is 4.63. The Morgan fingerprint density at radius 1 is 1.03 bits per heavy atom. The average molecular weight is 416 g/mol. The molecule has 0 spiro atoms. The molecular formula is C21H25N3O4S. The minimum Gasteiger partial charge on any atom is -0.350 e. The molecule has 0 aliphatic carbocycles. The van der Waals surface area contributed by atoms with Gasteiger partial charge in [-0.25, -0.2) is 8.42 Å². The predicted octanol–water partition coefficient (Wildman–Crippen LogP) is 1.73. The molecule has 1 atom stereocenters. The number of hydrogen-bond acceptors (Lipinski definition) is 5. The molecule has 29 heavy (non-hydrogen) atoms. The van der Waals surface area contributed by atoms with Gasteiger partial charge in [-0.1, -0.05) is 42.5 Å². The van der Waals surface area contributed by atoms with E-state index >= 15 is 0 Å². The van der Waals surface area contributed by atoms with Crippen molar-refractivity contribution < 1.29 is 18.0 Å². The van der Waals surface area contributed by atoms with E-state index in [9.17, 15) is 18.0 Å². The van der Waals surface area contributed by atoms with Gasteiger partial charge in [-0.2, -0.15) is 0 Å². The SMILES string of the molecule is CC(=O)Nc1cccc(CNC(=O)C(c2ccccc2)N2CCS(=O)(=O)CC2)c1. The lowest BCUT2D eigenvalue weighted by Gasteiger charge is -2.33. The highest BCUT2D eigenvalue weighted by molar-refractivity contribution is 7.91. The normalized spacial score (nSPS) is 17.3. The number of rotatable bonds is 6. The maximum Gasteiger partial charge on any atom is 0.242 e. The van der Waals surface area contributed by atoms with E-state index in [-0.39, 0.29) is 23.3 Å². The smallest absolute Gasteiger partial charge is 0.242 e. The summed E-state index contributed by atoms with van der Waals surface area (Å²) in [6.07, 6.45) is 0. The standard InChI is InChI=1S/C21H25N3O4S/c1-16(25)23-19-9-5-6-17(14-19)15-22-21(26)20(18-7-3-2-4-8-18)24-10-12-29(27,28)13-11-24/h2-9,14,20H,10-13,15H2,1H3,(H,22,26)(H,23,25). The van der Waals surface area contributed by atoms with Gasteiger partial charge in [0.25, 0.3) is 0 Å². The van der Waals surface area contributed by atoms with Crippen LogP contribution in [0.3, 0.4) is 0 Å². The lowest BCUT2D eigenvalue weighted by Crippen LogP contribution is -2.47. The molecule has 0 bridgehead atoms. The minimum atomic E-state index is -3.03. The van der Waals surface area contributed by atoms with Crippen LogP contribution in [0.4, 0.5) is 5.69 Å². The second kappa shape index (κ2) is 9.19. The Balaban J connectivity index is 1.73. The Hall–Kier alpha value is -2.71. The van der Waals surface area contributed by atoms with Gasteiger partial charge in [-0.05, 0) is 23.3 Å². The van der Waals surface area contributed by atoms with Crippen molar-refractivity contribution in [2.75, 3.05) is 29.9 Å². The first-order valence-corrected chi connectivity index (χ1v) is 11.3. The third kappa shape index (κ3) is 5.88. The molecule has 0 aromatic heterocycles. The lowest BCUT2D eigenvalue weighted by molar-refractivity contribution is -0.126. The summed E-state index contributed by atoms with van der Waals surface area (Å²) in [6.45, 7) is 2.40. The molecule has 1 unspecified atom stereocenters. The number of benzene rings is 2. The van der Waals surface area contributed by atoms with E-state index in [0.717, 1.165) is 11.1 Å². The molecular weight excluding hydrogens is 390 g/mol. The number of anilines is 1. The van der Waals surface area contributed by atoms with E-state index < -0.39 is 15.9 Å². The highest BCUT2D eigenvalue weighted by atomic mass is 32.2. The summed E-state index contributed by atoms with van der Waals surface area (Å²) in [5, 5.41) is 5.68. The van der Waals surface area contributed by atoms with E-state index in [1.54, 1.807) is 6.07 Å². The molecule has 3 rings (SSSR count). The van der Waals surface area contributed by atoms with Crippen LogP contribution in [-0.4, -0.2) is 49.7 Å². The first-order valence-electron chi connectivity index (χ1n) is 9.48. The Bertz CT molecular complexity index is 962. The van der Waals surface area contributed by atoms with Crippen LogP contribution in [0.25, 0.3) is 0 Å². The van der Waals surface area contributed by atoms with Crippen molar-refractivity contribution in [2.45, 2.75) is 19.5 Å². The maximum absolute atomic E-state index is 13.1. The lowest BCUT2D eigenvalue weighted by atomic mass is 10.0. The predicted molar refractivity (Wildman–Crippen MR) is 112 cm³/mol. The summed E-state index contributed by atoms with van der Waals surface area (Å²) < 4.78 is 23.6. The van der Waals surface area contributed by atoms with Crippen molar-refractivity contribution in [1.29, 1.82) is 0 Å². The summed E-state index contributed by atoms with van der Waals surface area (Å²) >= 11 is 0. The van der Waals surface area contributed by atoms with Crippen LogP contribution in [0, 0.1) is 0 Å². The van der Waals surface area contributed by atoms with Crippen LogP contribution >= 0.6 is 0 Å². The van der Waals surface area contributed by atoms with Crippen LogP contribution in [0.1, 0.15) is 24.1 Å². The zero-order valence-corrected chi connectivity index (χ0v) is 17.1. The Labute approximate surface area is 171 Å². The van der Waals surface area contributed by atoms with E-state index in [1.165, 1.54) is 6.92 Å². The fraction of sp³-hybridized carbons (Fsp3) is 0.333. The first kappa shape index (κ1) is 21.0. The van der Waals surface area contributed by atoms with Crippen LogP contribution in [0.2, 0.25) is 0 Å². The summed E-state index contributed by atoms with van der Waals surface area (Å²) in [5.41, 5.74) is 2.36. The molecule has 1 heterocycles. The van der Waals surface area contributed by atoms with Gasteiger partial charge in [-0.15, -0.1) is 0 Å². The fourth-order valence-electron chi connectivity index (χ4n) is 3.40. The van der Waals surface area contributed by atoms with Gasteiger partial charge in [0.1, 0.15) is 6.04 Å². The Morgan fingerprint density at radius 3 is 2.38 bits per heavy atom. The topological polar surface area (TPSA) is 95.6 Å². The highest BCUT2D eigenvalue weighted by Crippen LogP contribution is 2.23. The van der Waals surface area contributed by atoms with Gasteiger partial charge in [0.05, 0.1) is 11.5 Å². The van der Waals surface area contributed by atoms with Crippen molar-refractivity contribution in [2.24, 2.45) is 0 Å². The summed E-state index contributed by atoms with van der Waals surface area (Å²) in [6, 6.07) is 16.1. The third-order valence-corrected chi connectivity index (χ3v) is 6.43. The Morgan fingerprint density at radius 2 is 1.72 bits per heavy atom. The van der Waals surface area contributed by atoms with Crippen LogP contribution in [0.5, 0.6) is 0 Å². The monoisotopic (exact) mass is 415 g/mol. The molecule has 154 valence electrons. The quantitative estimate of drug-likeness (QED) is 0.749. The molecule has 0 saturated carbocycles. The van der Waals surface area contributed by atoms with Gasteiger partial charge in [0, 0.05) is 32.2 Å². The highest BCUT2D eigenvalue weighted by Gasteiger charge is 2.32. The largest absolute Gasteiger partial charge is 0.350 e. The third-order valence-electron chi connectivity index (χ3n) is 4.82. The maximum atomic E-state index is 13.1. The zero-order chi connectivity index (χ0) is 20.9. The molecule has 2 aromatic carbocycles. The molecule has 1 aliphatic rings. The van der Waals surface area contributed by atoms with Crippen LogP contribution < -0.4 is 10.6 Å². The van der Waals surface area contributed by atoms with E-state index in [4.69, 9.17) is 0 Å². The number of nitrogens with one attached hydrogen (secondary N) is 2. The summed E-state index contributed by atoms with van der Waals surface area (Å²) in [5.74, 6) is -0.221. The van der Waals surface area contributed by atoms with Crippen molar-refractivity contribution in [1.82, 2.24) is 10.2 Å². The van der Waals surface area contributed by atoms with Crippen molar-refractivity contribution in [3.05, 3.63) is 65.7 Å². The first-order chi connectivity index (χ1) is 13.8. The number of sulfone groups is 1. The second-order valence-corrected chi connectivity index (χ2v) is 9.40. The van der Waals surface area contributed by atoms with Gasteiger partial charge < -0.3 is 10.6 Å². The number of nitrogens with zero attached hydrogens (tertiary/aromatic N) is 1. The molecule has 1 fully saturated rings. The molecule has 7 nitrogen and oxygen atoms in total. The zero-order valence-electron chi connectivity index (χ0n) is 16.3. The Kier molecular flexibility index (Phi) is 6.66. The van der Waals surface area contributed by atoms with Gasteiger partial charge in [0.2, 0.25) is 11.8 Å². The average Bonchev–Trinajstić information content (AvgIpc) is 2.68. The van der Waals surface area contributed by atoms with Crippen molar-refractivity contribution in [3.8, 4) is 0 Å². The molecule has 2 aromatic rings. The molecule has 1 saturated heterocycles. The minimum absolute atomic E-state index is 0.0579. The summed E-state index contributed by atoms with van der Waals surface area (Å²) in [4.78, 5) is 26.2. The summed E-state index contributed by atoms with van der Waals surface area (Å²) in [7, 11) is -3.03. The van der Waals surface area contributed by atoms with Gasteiger partial charge in [0.15, 0.2) is 9.84 Å². The van der Waals surface area contributed by atoms with Gasteiger partial charge >= 0.3 is 0 Å². The number of hydrogen-bond donors (Lipinski definition) is 2. The molecule has 0 radical (unpaired) electrons. The van der Waals surface area contributed by atoms with E-state index in [2.05, 4.69) is 10.6 Å². The van der Waals surface area contributed by atoms with Crippen LogP contribution in [0.15, 0.2) is 54.6 Å². The number of amides is 2. The molecule has 2 N–H and O–H groups in total. The number of carbonyl (C=O) groups is 2.